The molecule has 0 fully saturated rings. The van der Waals surface area contributed by atoms with Crippen LogP contribution in [0, 0.1) is 11.8 Å². The summed E-state index contributed by atoms with van der Waals surface area (Å²) in [7, 11) is 0. The van der Waals surface area contributed by atoms with Gasteiger partial charge in [-0.1, -0.05) is 33.8 Å². The Morgan fingerprint density at radius 3 is 2.45 bits per heavy atom. The highest BCUT2D eigenvalue weighted by Gasteiger charge is 2.23. The summed E-state index contributed by atoms with van der Waals surface area (Å²) in [6, 6.07) is 13.4. The first kappa shape index (κ1) is 30.2. The van der Waals surface area contributed by atoms with Gasteiger partial charge in [0.25, 0.3) is 0 Å². The molecule has 232 valence electrons. The lowest BCUT2D eigenvalue weighted by Crippen LogP contribution is -2.38. The maximum absolute atomic E-state index is 6.34. The zero-order valence-electron chi connectivity index (χ0n) is 26.8. The summed E-state index contributed by atoms with van der Waals surface area (Å²) in [5.74, 6) is 2.77. The van der Waals surface area contributed by atoms with Crippen LogP contribution in [0.15, 0.2) is 42.6 Å². The zero-order chi connectivity index (χ0) is 30.6. The SMILES string of the molecule is CC(C)CCN(CCC(C)C)[C@@H]1CCc2ccc(Nc3nc(N)n(-c4cc5c(nn4)-c4cccnc4CCC5)n3)cc2CC1. The monoisotopic (exact) mass is 593 g/mol. The van der Waals surface area contributed by atoms with Crippen LogP contribution in [0.2, 0.25) is 0 Å². The van der Waals surface area contributed by atoms with Crippen molar-refractivity contribution in [1.82, 2.24) is 34.8 Å². The fourth-order valence-electron chi connectivity index (χ4n) is 6.57. The standard InChI is InChI=1S/C35H47N9/c1-23(2)16-19-43(20-17-24(3)4)29-14-11-25-10-13-28(21-26(25)12-15-29)38-35-39-34(36)44(42-35)32-22-27-7-5-9-31-30(8-6-18-37-31)33(27)41-40-32/h6,8,10,13,18,21-24,29H,5,7,9,11-12,14-17,19-20H2,1-4H3,(H3,36,38,39,42)/t29-/m1/s1. The van der Waals surface area contributed by atoms with E-state index in [2.05, 4.69) is 87.4 Å². The van der Waals surface area contributed by atoms with Gasteiger partial charge in [0.05, 0.1) is 5.69 Å². The first-order valence-electron chi connectivity index (χ1n) is 16.5. The number of nitrogen functional groups attached to an aromatic ring is 1. The van der Waals surface area contributed by atoms with Gasteiger partial charge in [0.1, 0.15) is 0 Å². The van der Waals surface area contributed by atoms with E-state index in [0.717, 1.165) is 72.1 Å². The molecule has 3 aromatic heterocycles. The van der Waals surface area contributed by atoms with Crippen molar-refractivity contribution in [2.24, 2.45) is 11.8 Å². The van der Waals surface area contributed by atoms with Crippen molar-refractivity contribution in [3.8, 4) is 17.1 Å². The Balaban J connectivity index is 1.15. The average Bonchev–Trinajstić information content (AvgIpc) is 3.15. The third-order valence-electron chi connectivity index (χ3n) is 9.17. The molecule has 0 radical (unpaired) electrons. The lowest BCUT2D eigenvalue weighted by Gasteiger charge is -2.32. The summed E-state index contributed by atoms with van der Waals surface area (Å²) in [6.45, 7) is 11.7. The maximum atomic E-state index is 6.34. The summed E-state index contributed by atoms with van der Waals surface area (Å²) in [4.78, 5) is 11.9. The van der Waals surface area contributed by atoms with E-state index in [9.17, 15) is 0 Å². The minimum absolute atomic E-state index is 0.276. The summed E-state index contributed by atoms with van der Waals surface area (Å²) in [6.07, 6.45) is 11.8. The molecule has 0 saturated heterocycles. The van der Waals surface area contributed by atoms with Gasteiger partial charge in [-0.3, -0.25) is 4.98 Å². The summed E-state index contributed by atoms with van der Waals surface area (Å²) in [5, 5.41) is 17.2. The number of aryl methyl sites for hydroxylation is 4. The van der Waals surface area contributed by atoms with Crippen molar-refractivity contribution in [1.29, 1.82) is 0 Å². The number of nitrogens with zero attached hydrogens (tertiary/aromatic N) is 7. The van der Waals surface area contributed by atoms with Crippen molar-refractivity contribution < 1.29 is 0 Å². The largest absolute Gasteiger partial charge is 0.368 e. The molecule has 4 aromatic rings. The van der Waals surface area contributed by atoms with Crippen LogP contribution in [0.3, 0.4) is 0 Å². The van der Waals surface area contributed by atoms with Gasteiger partial charge < -0.3 is 16.0 Å². The Labute approximate surface area is 261 Å². The number of anilines is 3. The van der Waals surface area contributed by atoms with Gasteiger partial charge >= 0.3 is 0 Å². The lowest BCUT2D eigenvalue weighted by atomic mass is 10.0. The van der Waals surface area contributed by atoms with E-state index in [1.54, 1.807) is 4.68 Å². The van der Waals surface area contributed by atoms with Gasteiger partial charge in [-0.15, -0.1) is 15.3 Å². The highest BCUT2D eigenvalue weighted by Crippen LogP contribution is 2.31. The molecule has 0 spiro atoms. The van der Waals surface area contributed by atoms with E-state index in [1.807, 2.05) is 18.3 Å². The van der Waals surface area contributed by atoms with Crippen LogP contribution in [-0.2, 0) is 25.7 Å². The fraction of sp³-hybridized carbons (Fsp3) is 0.514. The summed E-state index contributed by atoms with van der Waals surface area (Å²) >= 11 is 0. The summed E-state index contributed by atoms with van der Waals surface area (Å²) in [5.41, 5.74) is 14.3. The van der Waals surface area contributed by atoms with Gasteiger partial charge in [-0.25, -0.2) is 0 Å². The van der Waals surface area contributed by atoms with Crippen LogP contribution in [0.5, 0.6) is 0 Å². The first-order chi connectivity index (χ1) is 21.3. The Kier molecular flexibility index (Phi) is 9.21. The molecule has 9 nitrogen and oxygen atoms in total. The van der Waals surface area contributed by atoms with Gasteiger partial charge in [-0.2, -0.15) is 9.67 Å². The molecular weight excluding hydrogens is 546 g/mol. The second-order valence-corrected chi connectivity index (χ2v) is 13.4. The molecule has 6 rings (SSSR count). The van der Waals surface area contributed by atoms with Crippen LogP contribution in [0.4, 0.5) is 17.6 Å². The van der Waals surface area contributed by atoms with Crippen LogP contribution >= 0.6 is 0 Å². The van der Waals surface area contributed by atoms with E-state index in [1.165, 1.54) is 49.9 Å². The molecule has 0 bridgehead atoms. The molecule has 3 N–H and O–H groups in total. The quantitative estimate of drug-likeness (QED) is 0.199. The summed E-state index contributed by atoms with van der Waals surface area (Å²) < 4.78 is 1.57. The van der Waals surface area contributed by atoms with Crippen molar-refractivity contribution in [2.45, 2.75) is 91.5 Å². The number of benzene rings is 1. The topological polar surface area (TPSA) is 111 Å². The molecule has 0 amide bonds. The van der Waals surface area contributed by atoms with Crippen LogP contribution in [-0.4, -0.2) is 54.0 Å². The minimum atomic E-state index is 0.276. The Hall–Kier alpha value is -3.85. The Morgan fingerprint density at radius 1 is 0.909 bits per heavy atom. The fourth-order valence-corrected chi connectivity index (χ4v) is 6.57. The third-order valence-corrected chi connectivity index (χ3v) is 9.17. The number of aromatic nitrogens is 6. The number of nitrogens with two attached hydrogens (primary N) is 1. The molecule has 44 heavy (non-hydrogen) atoms. The van der Waals surface area contributed by atoms with Crippen LogP contribution in [0.1, 0.15) is 82.2 Å². The van der Waals surface area contributed by atoms with Gasteiger partial charge in [0.2, 0.25) is 11.9 Å². The molecule has 0 saturated carbocycles. The van der Waals surface area contributed by atoms with Crippen molar-refractivity contribution in [3.63, 3.8) is 0 Å². The molecule has 9 heteroatoms. The highest BCUT2D eigenvalue weighted by atomic mass is 15.4. The predicted octanol–water partition coefficient (Wildman–Crippen LogP) is 6.58. The van der Waals surface area contributed by atoms with Gasteiger partial charge in [0, 0.05) is 29.2 Å². The van der Waals surface area contributed by atoms with E-state index in [-0.39, 0.29) is 5.95 Å². The number of pyridine rings is 1. The number of fused-ring (bicyclic) bond motifs is 4. The molecule has 1 aromatic carbocycles. The normalized spacial score (nSPS) is 16.4. The molecule has 0 unspecified atom stereocenters. The maximum Gasteiger partial charge on any atom is 0.248 e. The highest BCUT2D eigenvalue weighted by molar-refractivity contribution is 5.67. The average molecular weight is 594 g/mol. The molecular formula is C35H47N9. The van der Waals surface area contributed by atoms with E-state index < -0.39 is 0 Å². The molecule has 2 aliphatic rings. The first-order valence-corrected chi connectivity index (χ1v) is 16.5. The smallest absolute Gasteiger partial charge is 0.248 e. The molecule has 0 aliphatic heterocycles. The molecule has 1 atom stereocenters. The zero-order valence-corrected chi connectivity index (χ0v) is 26.8. The van der Waals surface area contributed by atoms with E-state index >= 15 is 0 Å². The van der Waals surface area contributed by atoms with Crippen molar-refractivity contribution >= 4 is 17.6 Å². The number of nitrogens with one attached hydrogen (secondary N) is 1. The number of hydrogen-bond acceptors (Lipinski definition) is 8. The second-order valence-electron chi connectivity index (χ2n) is 13.4. The van der Waals surface area contributed by atoms with E-state index in [4.69, 9.17) is 5.73 Å². The number of hydrogen-bond donors (Lipinski definition) is 2. The van der Waals surface area contributed by atoms with Gasteiger partial charge in [-0.05, 0) is 130 Å². The van der Waals surface area contributed by atoms with Crippen molar-refractivity contribution in [3.05, 3.63) is 65.0 Å². The predicted molar refractivity (Wildman–Crippen MR) is 177 cm³/mol. The minimum Gasteiger partial charge on any atom is -0.368 e. The van der Waals surface area contributed by atoms with Gasteiger partial charge in [0.15, 0.2) is 5.82 Å². The Bertz CT molecular complexity index is 1560. The van der Waals surface area contributed by atoms with Crippen LogP contribution in [0.25, 0.3) is 17.1 Å². The van der Waals surface area contributed by atoms with Crippen LogP contribution < -0.4 is 11.1 Å². The number of rotatable bonds is 10. The third kappa shape index (κ3) is 6.93. The second kappa shape index (κ2) is 13.4. The van der Waals surface area contributed by atoms with Crippen molar-refractivity contribution in [2.75, 3.05) is 24.1 Å². The molecule has 2 aliphatic carbocycles. The Morgan fingerprint density at radius 2 is 1.68 bits per heavy atom. The molecule has 3 heterocycles. The lowest BCUT2D eigenvalue weighted by molar-refractivity contribution is 0.162. The van der Waals surface area contributed by atoms with E-state index in [0.29, 0.717) is 17.8 Å².